The molecular formula is C13H28N2. The molecule has 0 saturated carbocycles. The first-order valence-electron chi connectivity index (χ1n) is 6.64. The van der Waals surface area contributed by atoms with E-state index in [2.05, 4.69) is 31.1 Å². The maximum atomic E-state index is 3.56. The Labute approximate surface area is 95.4 Å². The summed E-state index contributed by atoms with van der Waals surface area (Å²) >= 11 is 0. The Kier molecular flexibility index (Phi) is 6.26. The fourth-order valence-corrected chi connectivity index (χ4v) is 2.36. The van der Waals surface area contributed by atoms with Gasteiger partial charge in [0.15, 0.2) is 0 Å². The van der Waals surface area contributed by atoms with Crippen LogP contribution in [0.5, 0.6) is 0 Å². The first-order chi connectivity index (χ1) is 7.22. The van der Waals surface area contributed by atoms with E-state index >= 15 is 0 Å². The number of hydrogen-bond acceptors (Lipinski definition) is 2. The first-order valence-corrected chi connectivity index (χ1v) is 6.64. The second kappa shape index (κ2) is 7.24. The predicted molar refractivity (Wildman–Crippen MR) is 67.2 cm³/mol. The van der Waals surface area contributed by atoms with Crippen LogP contribution in [0, 0.1) is 5.92 Å². The molecule has 2 atom stereocenters. The van der Waals surface area contributed by atoms with Crippen LogP contribution in [0.25, 0.3) is 0 Å². The maximum Gasteiger partial charge on any atom is 0.00680 e. The molecule has 0 aromatic heterocycles. The van der Waals surface area contributed by atoms with Crippen molar-refractivity contribution in [2.45, 2.75) is 52.0 Å². The summed E-state index contributed by atoms with van der Waals surface area (Å²) in [5, 5.41) is 3.56. The van der Waals surface area contributed by atoms with Gasteiger partial charge in [0.05, 0.1) is 0 Å². The molecule has 0 radical (unpaired) electrons. The van der Waals surface area contributed by atoms with Crippen LogP contribution in [0.2, 0.25) is 0 Å². The third-order valence-electron chi connectivity index (χ3n) is 3.58. The van der Waals surface area contributed by atoms with Crippen LogP contribution in [0.15, 0.2) is 0 Å². The van der Waals surface area contributed by atoms with Gasteiger partial charge < -0.3 is 10.2 Å². The van der Waals surface area contributed by atoms with Gasteiger partial charge in [0, 0.05) is 12.6 Å². The summed E-state index contributed by atoms with van der Waals surface area (Å²) in [6.45, 7) is 8.39. The summed E-state index contributed by atoms with van der Waals surface area (Å²) in [6, 6.07) is 0.821. The third-order valence-corrected chi connectivity index (χ3v) is 3.58. The van der Waals surface area contributed by atoms with Crippen LogP contribution in [0.4, 0.5) is 0 Å². The fraction of sp³-hybridized carbons (Fsp3) is 1.00. The minimum atomic E-state index is 0.821. The molecule has 1 rings (SSSR count). The molecule has 1 aliphatic heterocycles. The van der Waals surface area contributed by atoms with Crippen molar-refractivity contribution < 1.29 is 0 Å². The molecule has 0 spiro atoms. The Bertz CT molecular complexity index is 153. The second-order valence-corrected chi connectivity index (χ2v) is 5.21. The van der Waals surface area contributed by atoms with Gasteiger partial charge in [-0.1, -0.05) is 20.3 Å². The van der Waals surface area contributed by atoms with Crippen molar-refractivity contribution in [1.82, 2.24) is 10.2 Å². The lowest BCUT2D eigenvalue weighted by Gasteiger charge is -2.21. The minimum Gasteiger partial charge on any atom is -0.314 e. The highest BCUT2D eigenvalue weighted by Crippen LogP contribution is 2.11. The van der Waals surface area contributed by atoms with Gasteiger partial charge in [-0.25, -0.2) is 0 Å². The lowest BCUT2D eigenvalue weighted by Crippen LogP contribution is -2.27. The van der Waals surface area contributed by atoms with Crippen molar-refractivity contribution in [3.63, 3.8) is 0 Å². The quantitative estimate of drug-likeness (QED) is 0.697. The Morgan fingerprint density at radius 3 is 2.87 bits per heavy atom. The smallest absolute Gasteiger partial charge is 0.00680 e. The molecule has 1 saturated heterocycles. The summed E-state index contributed by atoms with van der Waals surface area (Å²) in [5.41, 5.74) is 0. The number of nitrogens with zero attached hydrogens (tertiary/aromatic N) is 1. The molecular weight excluding hydrogens is 184 g/mol. The van der Waals surface area contributed by atoms with Gasteiger partial charge in [0.2, 0.25) is 0 Å². The van der Waals surface area contributed by atoms with Gasteiger partial charge in [-0.2, -0.15) is 0 Å². The van der Waals surface area contributed by atoms with E-state index in [0.717, 1.165) is 12.0 Å². The summed E-state index contributed by atoms with van der Waals surface area (Å²) in [4.78, 5) is 2.49. The third kappa shape index (κ3) is 5.53. The lowest BCUT2D eigenvalue weighted by atomic mass is 10.1. The highest BCUT2D eigenvalue weighted by molar-refractivity contribution is 4.74. The molecule has 0 aromatic carbocycles. The summed E-state index contributed by atoms with van der Waals surface area (Å²) in [7, 11) is 2.26. The largest absolute Gasteiger partial charge is 0.314 e. The second-order valence-electron chi connectivity index (χ2n) is 5.21. The van der Waals surface area contributed by atoms with Crippen molar-refractivity contribution in [2.75, 3.05) is 26.7 Å². The predicted octanol–water partition coefficient (Wildman–Crippen LogP) is 2.50. The standard InChI is InChI=1S/C13H28N2/c1-4-12(2)11-15(3)10-6-8-13-7-5-9-14-13/h12-14H,4-11H2,1-3H3. The molecule has 0 bridgehead atoms. The molecule has 90 valence electrons. The Morgan fingerprint density at radius 2 is 2.27 bits per heavy atom. The normalized spacial score (nSPS) is 23.6. The van der Waals surface area contributed by atoms with Crippen LogP contribution in [-0.4, -0.2) is 37.6 Å². The average Bonchev–Trinajstić information content (AvgIpc) is 2.70. The Balaban J connectivity index is 1.98. The molecule has 0 amide bonds. The maximum absolute atomic E-state index is 3.56. The zero-order valence-corrected chi connectivity index (χ0v) is 10.8. The molecule has 2 unspecified atom stereocenters. The first kappa shape index (κ1) is 13.0. The van der Waals surface area contributed by atoms with Crippen molar-refractivity contribution in [2.24, 2.45) is 5.92 Å². The van der Waals surface area contributed by atoms with Gasteiger partial charge in [0.25, 0.3) is 0 Å². The van der Waals surface area contributed by atoms with Gasteiger partial charge in [0.1, 0.15) is 0 Å². The van der Waals surface area contributed by atoms with Crippen molar-refractivity contribution in [3.8, 4) is 0 Å². The zero-order valence-electron chi connectivity index (χ0n) is 10.8. The summed E-state index contributed by atoms with van der Waals surface area (Å²) < 4.78 is 0. The van der Waals surface area contributed by atoms with E-state index in [9.17, 15) is 0 Å². The van der Waals surface area contributed by atoms with Gasteiger partial charge in [-0.05, 0) is 51.7 Å². The lowest BCUT2D eigenvalue weighted by molar-refractivity contribution is 0.273. The number of rotatable bonds is 7. The van der Waals surface area contributed by atoms with Crippen LogP contribution in [0.3, 0.4) is 0 Å². The van der Waals surface area contributed by atoms with Crippen molar-refractivity contribution >= 4 is 0 Å². The molecule has 2 heteroatoms. The monoisotopic (exact) mass is 212 g/mol. The van der Waals surface area contributed by atoms with Crippen molar-refractivity contribution in [3.05, 3.63) is 0 Å². The van der Waals surface area contributed by atoms with Crippen LogP contribution >= 0.6 is 0 Å². The average molecular weight is 212 g/mol. The van der Waals surface area contributed by atoms with Gasteiger partial charge in [-0.15, -0.1) is 0 Å². The molecule has 1 fully saturated rings. The Morgan fingerprint density at radius 1 is 1.47 bits per heavy atom. The molecule has 0 aromatic rings. The molecule has 0 aliphatic carbocycles. The van der Waals surface area contributed by atoms with E-state index in [0.29, 0.717) is 0 Å². The minimum absolute atomic E-state index is 0.821. The molecule has 1 aliphatic rings. The molecule has 1 heterocycles. The summed E-state index contributed by atoms with van der Waals surface area (Å²) in [6.07, 6.45) is 6.80. The molecule has 15 heavy (non-hydrogen) atoms. The summed E-state index contributed by atoms with van der Waals surface area (Å²) in [5.74, 6) is 0.847. The SMILES string of the molecule is CCC(C)CN(C)CCCC1CCCN1. The van der Waals surface area contributed by atoms with Crippen LogP contribution in [0.1, 0.15) is 46.0 Å². The van der Waals surface area contributed by atoms with Gasteiger partial charge in [-0.3, -0.25) is 0 Å². The van der Waals surface area contributed by atoms with Crippen LogP contribution in [-0.2, 0) is 0 Å². The van der Waals surface area contributed by atoms with Crippen LogP contribution < -0.4 is 5.32 Å². The Hall–Kier alpha value is -0.0800. The highest BCUT2D eigenvalue weighted by atomic mass is 15.1. The molecule has 1 N–H and O–H groups in total. The van der Waals surface area contributed by atoms with E-state index in [1.54, 1.807) is 0 Å². The van der Waals surface area contributed by atoms with E-state index in [4.69, 9.17) is 0 Å². The van der Waals surface area contributed by atoms with E-state index in [1.165, 1.54) is 51.7 Å². The highest BCUT2D eigenvalue weighted by Gasteiger charge is 2.13. The van der Waals surface area contributed by atoms with Crippen molar-refractivity contribution in [1.29, 1.82) is 0 Å². The fourth-order valence-electron chi connectivity index (χ4n) is 2.36. The van der Waals surface area contributed by atoms with E-state index < -0.39 is 0 Å². The topological polar surface area (TPSA) is 15.3 Å². The van der Waals surface area contributed by atoms with E-state index in [1.807, 2.05) is 0 Å². The van der Waals surface area contributed by atoms with E-state index in [-0.39, 0.29) is 0 Å². The molecule has 2 nitrogen and oxygen atoms in total. The number of nitrogens with one attached hydrogen (secondary N) is 1. The van der Waals surface area contributed by atoms with Gasteiger partial charge >= 0.3 is 0 Å². The zero-order chi connectivity index (χ0) is 11.1. The number of hydrogen-bond donors (Lipinski definition) is 1.